The summed E-state index contributed by atoms with van der Waals surface area (Å²) < 4.78 is 39.0. The third kappa shape index (κ3) is 6.75. The summed E-state index contributed by atoms with van der Waals surface area (Å²) in [4.78, 5) is 12.7. The van der Waals surface area contributed by atoms with Crippen molar-refractivity contribution in [2.75, 3.05) is 22.9 Å². The van der Waals surface area contributed by atoms with E-state index in [-0.39, 0.29) is 11.6 Å². The molecule has 1 unspecified atom stereocenters. The number of rotatable bonds is 10. The summed E-state index contributed by atoms with van der Waals surface area (Å²) in [5.41, 5.74) is 2.76. The number of amides is 1. The van der Waals surface area contributed by atoms with E-state index in [1.807, 2.05) is 12.1 Å². The number of thioether (sulfide) groups is 1. The van der Waals surface area contributed by atoms with Crippen LogP contribution in [-0.2, 0) is 20.6 Å². The van der Waals surface area contributed by atoms with Crippen LogP contribution in [0.15, 0.2) is 48.5 Å². The molecule has 0 heterocycles. The Hall–Kier alpha value is -2.06. The molecule has 2 aromatic carbocycles. The largest absolute Gasteiger partial charge is 0.353 e. The van der Waals surface area contributed by atoms with Crippen LogP contribution >= 0.6 is 11.8 Å². The lowest BCUT2D eigenvalue weighted by Crippen LogP contribution is -2.49. The van der Waals surface area contributed by atoms with E-state index < -0.39 is 21.9 Å². The highest BCUT2D eigenvalue weighted by atomic mass is 32.2. The number of nitrogens with zero attached hydrogens (tertiary/aromatic N) is 1. The molecule has 2 aromatic rings. The maximum Gasteiger partial charge on any atom is 0.243 e. The van der Waals surface area contributed by atoms with Gasteiger partial charge in [-0.1, -0.05) is 31.2 Å². The number of hydrogen-bond acceptors (Lipinski definition) is 4. The van der Waals surface area contributed by atoms with Crippen molar-refractivity contribution < 1.29 is 17.6 Å². The quantitative estimate of drug-likeness (QED) is 0.574. The molecule has 5 nitrogen and oxygen atoms in total. The Morgan fingerprint density at radius 3 is 2.41 bits per heavy atom. The van der Waals surface area contributed by atoms with Crippen LogP contribution in [0.25, 0.3) is 0 Å². The molecule has 0 radical (unpaired) electrons. The predicted molar refractivity (Wildman–Crippen MR) is 118 cm³/mol. The van der Waals surface area contributed by atoms with E-state index in [0.717, 1.165) is 16.3 Å². The topological polar surface area (TPSA) is 66.5 Å². The van der Waals surface area contributed by atoms with Crippen LogP contribution in [0.5, 0.6) is 0 Å². The summed E-state index contributed by atoms with van der Waals surface area (Å²) in [5.74, 6) is 0.737. The van der Waals surface area contributed by atoms with Crippen molar-refractivity contribution >= 4 is 33.4 Å². The summed E-state index contributed by atoms with van der Waals surface area (Å²) in [7, 11) is -3.72. The van der Waals surface area contributed by atoms with Gasteiger partial charge in [0.05, 0.1) is 11.9 Å². The molecule has 0 aliphatic carbocycles. The van der Waals surface area contributed by atoms with Crippen LogP contribution < -0.4 is 9.62 Å². The molecule has 0 bridgehead atoms. The smallest absolute Gasteiger partial charge is 0.243 e. The molecule has 0 aliphatic heterocycles. The summed E-state index contributed by atoms with van der Waals surface area (Å²) >= 11 is 1.71. The van der Waals surface area contributed by atoms with E-state index in [9.17, 15) is 17.6 Å². The summed E-state index contributed by atoms with van der Waals surface area (Å²) in [5, 5.41) is 2.83. The number of aryl methyl sites for hydroxylation is 1. The number of benzene rings is 2. The first kappa shape index (κ1) is 23.2. The van der Waals surface area contributed by atoms with Gasteiger partial charge >= 0.3 is 0 Å². The molecule has 0 spiro atoms. The summed E-state index contributed by atoms with van der Waals surface area (Å²) in [6, 6.07) is 12.4. The van der Waals surface area contributed by atoms with Gasteiger partial charge in [0.1, 0.15) is 11.9 Å². The van der Waals surface area contributed by atoms with Gasteiger partial charge in [0.15, 0.2) is 0 Å². The van der Waals surface area contributed by atoms with E-state index >= 15 is 0 Å². The van der Waals surface area contributed by atoms with E-state index in [0.29, 0.717) is 18.7 Å². The molecule has 29 heavy (non-hydrogen) atoms. The van der Waals surface area contributed by atoms with Crippen molar-refractivity contribution in [3.8, 4) is 0 Å². The maximum absolute atomic E-state index is 13.2. The Balaban J connectivity index is 1.97. The Morgan fingerprint density at radius 1 is 1.17 bits per heavy atom. The second-order valence-electron chi connectivity index (χ2n) is 6.73. The van der Waals surface area contributed by atoms with Gasteiger partial charge in [-0.2, -0.15) is 11.8 Å². The van der Waals surface area contributed by atoms with Crippen LogP contribution in [-0.4, -0.2) is 38.9 Å². The monoisotopic (exact) mass is 438 g/mol. The molecule has 0 aliphatic rings. The van der Waals surface area contributed by atoms with Crippen molar-refractivity contribution in [2.45, 2.75) is 32.1 Å². The van der Waals surface area contributed by atoms with Crippen LogP contribution in [0.3, 0.4) is 0 Å². The van der Waals surface area contributed by atoms with Crippen LogP contribution in [0.2, 0.25) is 0 Å². The zero-order valence-electron chi connectivity index (χ0n) is 16.9. The van der Waals surface area contributed by atoms with E-state index in [1.165, 1.54) is 35.4 Å². The van der Waals surface area contributed by atoms with Gasteiger partial charge in [-0.3, -0.25) is 9.10 Å². The van der Waals surface area contributed by atoms with Crippen molar-refractivity contribution in [3.05, 3.63) is 65.5 Å². The normalized spacial score (nSPS) is 12.4. The summed E-state index contributed by atoms with van der Waals surface area (Å²) in [6.07, 6.45) is 1.34. The lowest BCUT2D eigenvalue weighted by molar-refractivity contribution is -0.122. The zero-order chi connectivity index (χ0) is 21.4. The van der Waals surface area contributed by atoms with Crippen LogP contribution in [0, 0.1) is 12.7 Å². The molecule has 158 valence electrons. The van der Waals surface area contributed by atoms with Crippen molar-refractivity contribution in [1.29, 1.82) is 0 Å². The Morgan fingerprint density at radius 2 is 1.83 bits per heavy atom. The molecule has 8 heteroatoms. The van der Waals surface area contributed by atoms with Gasteiger partial charge < -0.3 is 5.32 Å². The fraction of sp³-hybridized carbons (Fsp3) is 0.381. The first-order valence-corrected chi connectivity index (χ1v) is 12.4. The van der Waals surface area contributed by atoms with Gasteiger partial charge in [0, 0.05) is 18.1 Å². The fourth-order valence-electron chi connectivity index (χ4n) is 2.97. The number of nitrogens with one attached hydrogen (secondary N) is 1. The van der Waals surface area contributed by atoms with Gasteiger partial charge in [-0.15, -0.1) is 0 Å². The lowest BCUT2D eigenvalue weighted by atomic mass is 10.1. The lowest BCUT2D eigenvalue weighted by Gasteiger charge is -2.30. The first-order valence-electron chi connectivity index (χ1n) is 9.39. The average molecular weight is 439 g/mol. The molecule has 1 N–H and O–H groups in total. The van der Waals surface area contributed by atoms with E-state index in [2.05, 4.69) is 24.4 Å². The second-order valence-corrected chi connectivity index (χ2v) is 9.69. The number of hydrogen-bond donors (Lipinski definition) is 1. The first-order chi connectivity index (χ1) is 13.7. The van der Waals surface area contributed by atoms with Gasteiger partial charge in [0.25, 0.3) is 0 Å². The van der Waals surface area contributed by atoms with Crippen LogP contribution in [0.4, 0.5) is 10.1 Å². The Bertz CT molecular complexity index is 918. The summed E-state index contributed by atoms with van der Waals surface area (Å²) in [6.45, 7) is 4.25. The van der Waals surface area contributed by atoms with Crippen molar-refractivity contribution in [2.24, 2.45) is 0 Å². The zero-order valence-corrected chi connectivity index (χ0v) is 18.5. The highest BCUT2D eigenvalue weighted by molar-refractivity contribution is 7.98. The standard InChI is InChI=1S/C21H27FN2O3S2/c1-4-20(24(29(3,26)27)19-11-9-18(22)10-12-19)21(25)23-13-14-28-15-17-8-6-5-7-16(17)2/h5-12,20H,4,13-15H2,1-3H3,(H,23,25). The highest BCUT2D eigenvalue weighted by Crippen LogP contribution is 2.23. The Kier molecular flexibility index (Phi) is 8.52. The molecular weight excluding hydrogens is 411 g/mol. The molecule has 0 saturated carbocycles. The number of sulfonamides is 1. The maximum atomic E-state index is 13.2. The van der Waals surface area contributed by atoms with Gasteiger partial charge in [-0.25, -0.2) is 12.8 Å². The molecule has 0 fully saturated rings. The molecular formula is C21H27FN2O3S2. The third-order valence-corrected chi connectivity index (χ3v) is 6.66. The predicted octanol–water partition coefficient (Wildman–Crippen LogP) is 3.73. The fourth-order valence-corrected chi connectivity index (χ4v) is 5.11. The molecule has 2 rings (SSSR count). The molecule has 0 saturated heterocycles. The third-order valence-electron chi connectivity index (χ3n) is 4.48. The molecule has 0 aromatic heterocycles. The minimum absolute atomic E-state index is 0.268. The van der Waals surface area contributed by atoms with Crippen molar-refractivity contribution in [1.82, 2.24) is 5.32 Å². The van der Waals surface area contributed by atoms with E-state index in [4.69, 9.17) is 0 Å². The van der Waals surface area contributed by atoms with E-state index in [1.54, 1.807) is 18.7 Å². The second kappa shape index (κ2) is 10.6. The SMILES string of the molecule is CCC(C(=O)NCCSCc1ccccc1C)N(c1ccc(F)cc1)S(C)(=O)=O. The Labute approximate surface area is 176 Å². The average Bonchev–Trinajstić information content (AvgIpc) is 2.67. The number of halogens is 1. The number of anilines is 1. The minimum Gasteiger partial charge on any atom is -0.353 e. The highest BCUT2D eigenvalue weighted by Gasteiger charge is 2.31. The molecule has 1 amide bonds. The van der Waals surface area contributed by atoms with Gasteiger partial charge in [0.2, 0.25) is 15.9 Å². The minimum atomic E-state index is -3.72. The van der Waals surface area contributed by atoms with Gasteiger partial charge in [-0.05, 0) is 48.7 Å². The molecule has 1 atom stereocenters. The van der Waals surface area contributed by atoms with Crippen LogP contribution in [0.1, 0.15) is 24.5 Å². The number of carbonyl (C=O) groups is 1. The number of carbonyl (C=O) groups excluding carboxylic acids is 1. The van der Waals surface area contributed by atoms with Crippen molar-refractivity contribution in [3.63, 3.8) is 0 Å².